The van der Waals surface area contributed by atoms with Crippen LogP contribution in [0.5, 0.6) is 0 Å². The van der Waals surface area contributed by atoms with Crippen LogP contribution in [-0.4, -0.2) is 45.6 Å². The molecule has 0 aromatic heterocycles. The van der Waals surface area contributed by atoms with E-state index in [1.807, 2.05) is 0 Å². The SMILES string of the molecule is CC1CC=CC(C(=O)O)C1C(=O)O.OCCCCCCO. The highest BCUT2D eigenvalue weighted by molar-refractivity contribution is 5.82. The van der Waals surface area contributed by atoms with Gasteiger partial charge in [0.25, 0.3) is 0 Å². The molecule has 122 valence electrons. The Morgan fingerprint density at radius 3 is 1.86 bits per heavy atom. The number of aliphatic carboxylic acids is 2. The number of aliphatic hydroxyl groups excluding tert-OH is 2. The molecule has 1 rings (SSSR count). The van der Waals surface area contributed by atoms with Crippen molar-refractivity contribution in [2.75, 3.05) is 13.2 Å². The fourth-order valence-electron chi connectivity index (χ4n) is 2.27. The number of hydrogen-bond acceptors (Lipinski definition) is 4. The van der Waals surface area contributed by atoms with Gasteiger partial charge in [0.15, 0.2) is 0 Å². The zero-order valence-corrected chi connectivity index (χ0v) is 12.4. The van der Waals surface area contributed by atoms with Gasteiger partial charge < -0.3 is 20.4 Å². The minimum Gasteiger partial charge on any atom is -0.481 e. The smallest absolute Gasteiger partial charge is 0.311 e. The van der Waals surface area contributed by atoms with Crippen molar-refractivity contribution in [3.63, 3.8) is 0 Å². The first kappa shape index (κ1) is 19.6. The highest BCUT2D eigenvalue weighted by Crippen LogP contribution is 2.30. The maximum Gasteiger partial charge on any atom is 0.311 e. The van der Waals surface area contributed by atoms with Crippen molar-refractivity contribution in [3.8, 4) is 0 Å². The average Bonchev–Trinajstić information content (AvgIpc) is 2.43. The van der Waals surface area contributed by atoms with Gasteiger partial charge >= 0.3 is 11.9 Å². The van der Waals surface area contributed by atoms with Gasteiger partial charge in [-0.1, -0.05) is 31.9 Å². The molecule has 21 heavy (non-hydrogen) atoms. The zero-order valence-electron chi connectivity index (χ0n) is 12.4. The van der Waals surface area contributed by atoms with Crippen molar-refractivity contribution >= 4 is 11.9 Å². The van der Waals surface area contributed by atoms with E-state index in [1.165, 1.54) is 6.08 Å². The van der Waals surface area contributed by atoms with Gasteiger partial charge in [0, 0.05) is 13.2 Å². The molecule has 4 N–H and O–H groups in total. The molecule has 1 aliphatic carbocycles. The third-order valence-electron chi connectivity index (χ3n) is 3.49. The van der Waals surface area contributed by atoms with Crippen LogP contribution in [0, 0.1) is 17.8 Å². The van der Waals surface area contributed by atoms with Crippen LogP contribution >= 0.6 is 0 Å². The molecule has 0 saturated carbocycles. The molecule has 0 saturated heterocycles. The van der Waals surface area contributed by atoms with Crippen LogP contribution in [0.25, 0.3) is 0 Å². The van der Waals surface area contributed by atoms with Crippen molar-refractivity contribution < 1.29 is 30.0 Å². The van der Waals surface area contributed by atoms with E-state index in [-0.39, 0.29) is 19.1 Å². The number of aliphatic hydroxyl groups is 2. The second-order valence-electron chi connectivity index (χ2n) is 5.23. The molecule has 0 aromatic carbocycles. The van der Waals surface area contributed by atoms with Crippen molar-refractivity contribution in [2.24, 2.45) is 17.8 Å². The van der Waals surface area contributed by atoms with Crippen LogP contribution in [-0.2, 0) is 9.59 Å². The quantitative estimate of drug-likeness (QED) is 0.418. The van der Waals surface area contributed by atoms with Gasteiger partial charge in [-0.2, -0.15) is 0 Å². The second kappa shape index (κ2) is 11.3. The van der Waals surface area contributed by atoms with Crippen molar-refractivity contribution in [1.82, 2.24) is 0 Å². The lowest BCUT2D eigenvalue weighted by Gasteiger charge is -2.26. The van der Waals surface area contributed by atoms with E-state index >= 15 is 0 Å². The predicted octanol–water partition coefficient (Wildman–Crippen LogP) is 1.52. The molecular weight excluding hydrogens is 276 g/mol. The summed E-state index contributed by atoms with van der Waals surface area (Å²) in [6.07, 6.45) is 7.68. The van der Waals surface area contributed by atoms with Crippen LogP contribution in [0.4, 0.5) is 0 Å². The molecule has 0 aromatic rings. The molecule has 0 aliphatic heterocycles. The molecule has 3 atom stereocenters. The third kappa shape index (κ3) is 7.82. The van der Waals surface area contributed by atoms with E-state index in [1.54, 1.807) is 13.0 Å². The zero-order chi connectivity index (χ0) is 16.3. The molecule has 0 spiro atoms. The Morgan fingerprint density at radius 1 is 1.00 bits per heavy atom. The van der Waals surface area contributed by atoms with E-state index in [9.17, 15) is 9.59 Å². The lowest BCUT2D eigenvalue weighted by molar-refractivity contribution is -0.154. The topological polar surface area (TPSA) is 115 Å². The third-order valence-corrected chi connectivity index (χ3v) is 3.49. The first-order valence-corrected chi connectivity index (χ1v) is 7.29. The van der Waals surface area contributed by atoms with Crippen molar-refractivity contribution in [1.29, 1.82) is 0 Å². The summed E-state index contributed by atoms with van der Waals surface area (Å²) in [5, 5.41) is 34.2. The summed E-state index contributed by atoms with van der Waals surface area (Å²) < 4.78 is 0. The van der Waals surface area contributed by atoms with Gasteiger partial charge in [0.05, 0.1) is 11.8 Å². The average molecular weight is 302 g/mol. The lowest BCUT2D eigenvalue weighted by atomic mass is 9.77. The molecule has 3 unspecified atom stereocenters. The summed E-state index contributed by atoms with van der Waals surface area (Å²) in [6, 6.07) is 0. The number of unbranched alkanes of at least 4 members (excludes halogenated alkanes) is 3. The van der Waals surface area contributed by atoms with E-state index < -0.39 is 23.8 Å². The van der Waals surface area contributed by atoms with Gasteiger partial charge in [-0.25, -0.2) is 0 Å². The van der Waals surface area contributed by atoms with Crippen molar-refractivity contribution in [3.05, 3.63) is 12.2 Å². The Hall–Kier alpha value is -1.40. The summed E-state index contributed by atoms with van der Waals surface area (Å²) in [6.45, 7) is 2.33. The molecule has 1 aliphatic rings. The highest BCUT2D eigenvalue weighted by atomic mass is 16.4. The van der Waals surface area contributed by atoms with Crippen molar-refractivity contribution in [2.45, 2.75) is 39.0 Å². The molecule has 0 amide bonds. The van der Waals surface area contributed by atoms with E-state index in [0.717, 1.165) is 25.7 Å². The molecule has 6 heteroatoms. The fraction of sp³-hybridized carbons (Fsp3) is 0.733. The fourth-order valence-corrected chi connectivity index (χ4v) is 2.27. The van der Waals surface area contributed by atoms with Gasteiger partial charge in [-0.05, 0) is 25.2 Å². The summed E-state index contributed by atoms with van der Waals surface area (Å²) in [5.74, 6) is -3.85. The first-order valence-electron chi connectivity index (χ1n) is 7.29. The van der Waals surface area contributed by atoms with Gasteiger partial charge in [0.1, 0.15) is 0 Å². The van der Waals surface area contributed by atoms with E-state index in [0.29, 0.717) is 6.42 Å². The summed E-state index contributed by atoms with van der Waals surface area (Å²) in [4.78, 5) is 21.5. The van der Waals surface area contributed by atoms with Crippen LogP contribution in [0.3, 0.4) is 0 Å². The Kier molecular flexibility index (Phi) is 10.5. The maximum absolute atomic E-state index is 10.8. The van der Waals surface area contributed by atoms with Crippen LogP contribution < -0.4 is 0 Å². The van der Waals surface area contributed by atoms with Gasteiger partial charge in [-0.3, -0.25) is 9.59 Å². The number of carboxylic acids is 2. The summed E-state index contributed by atoms with van der Waals surface area (Å²) >= 11 is 0. The number of carbonyl (C=O) groups is 2. The Balaban J connectivity index is 0.000000433. The second-order valence-corrected chi connectivity index (χ2v) is 5.23. The number of rotatable bonds is 7. The van der Waals surface area contributed by atoms with E-state index in [2.05, 4.69) is 0 Å². The molecule has 0 radical (unpaired) electrons. The first-order chi connectivity index (χ1) is 9.95. The van der Waals surface area contributed by atoms with Crippen LogP contribution in [0.15, 0.2) is 12.2 Å². The highest BCUT2D eigenvalue weighted by Gasteiger charge is 2.37. The Labute approximate surface area is 125 Å². The minimum atomic E-state index is -1.06. The molecule has 0 fully saturated rings. The largest absolute Gasteiger partial charge is 0.481 e. The van der Waals surface area contributed by atoms with Gasteiger partial charge in [0.2, 0.25) is 0 Å². The molecule has 0 heterocycles. The minimum absolute atomic E-state index is 0.108. The van der Waals surface area contributed by atoms with Crippen LogP contribution in [0.2, 0.25) is 0 Å². The predicted molar refractivity (Wildman–Crippen MR) is 77.8 cm³/mol. The summed E-state index contributed by atoms with van der Waals surface area (Å²) in [7, 11) is 0. The normalized spacial score (nSPS) is 24.0. The Bertz CT molecular complexity index is 333. The number of hydrogen-bond donors (Lipinski definition) is 4. The number of carboxylic acid groups (broad SMARTS) is 2. The van der Waals surface area contributed by atoms with E-state index in [4.69, 9.17) is 20.4 Å². The monoisotopic (exact) mass is 302 g/mol. The molecule has 0 bridgehead atoms. The standard InChI is InChI=1S/C9H12O4.C6H14O2/c1-5-3-2-4-6(8(10)11)7(5)9(12)13;7-5-3-1-2-4-6-8/h2,4-7H,3H2,1H3,(H,10,11)(H,12,13);7-8H,1-6H2. The summed E-state index contributed by atoms with van der Waals surface area (Å²) in [5.41, 5.74) is 0. The Morgan fingerprint density at radius 2 is 1.52 bits per heavy atom. The van der Waals surface area contributed by atoms with Gasteiger partial charge in [-0.15, -0.1) is 0 Å². The number of allylic oxidation sites excluding steroid dienone is 1. The lowest BCUT2D eigenvalue weighted by Crippen LogP contribution is -2.35. The molecular formula is C15H26O6. The maximum atomic E-state index is 10.8. The molecule has 6 nitrogen and oxygen atoms in total. The van der Waals surface area contributed by atoms with Crippen LogP contribution in [0.1, 0.15) is 39.0 Å².